The topological polar surface area (TPSA) is 21.3 Å². The smallest absolute Gasteiger partial charge is 0.150 e. The molecule has 1 spiro atoms. The Morgan fingerprint density at radius 2 is 2.07 bits per heavy atom. The molecule has 1 aliphatic heterocycles. The first-order valence-electron chi connectivity index (χ1n) is 5.49. The lowest BCUT2D eigenvalue weighted by atomic mass is 9.96. The third-order valence-electron chi connectivity index (χ3n) is 3.43. The van der Waals surface area contributed by atoms with Crippen molar-refractivity contribution in [3.05, 3.63) is 24.0 Å². The molecule has 0 aromatic heterocycles. The highest BCUT2D eigenvalue weighted by atomic mass is 19.1. The van der Waals surface area contributed by atoms with Gasteiger partial charge in [0.1, 0.15) is 23.9 Å². The molecule has 3 heteroatoms. The van der Waals surface area contributed by atoms with Crippen LogP contribution in [0.15, 0.2) is 18.2 Å². The van der Waals surface area contributed by atoms with E-state index in [1.807, 2.05) is 6.07 Å². The molecule has 0 amide bonds. The summed E-state index contributed by atoms with van der Waals surface area (Å²) in [5.41, 5.74) is 0.542. The lowest BCUT2D eigenvalue weighted by molar-refractivity contribution is 0.219. The van der Waals surface area contributed by atoms with Crippen molar-refractivity contribution in [1.29, 1.82) is 0 Å². The molecule has 1 fully saturated rings. The average Bonchev–Trinajstić information content (AvgIpc) is 2.68. The predicted octanol–water partition coefficient (Wildman–Crippen LogP) is 2.94. The molecule has 1 aromatic carbocycles. The van der Waals surface area contributed by atoms with E-state index in [0.717, 1.165) is 12.8 Å². The molecule has 3 rings (SSSR count). The van der Waals surface area contributed by atoms with Gasteiger partial charge in [-0.25, -0.2) is 4.39 Å². The van der Waals surface area contributed by atoms with Crippen molar-refractivity contribution in [2.75, 3.05) is 11.9 Å². The summed E-state index contributed by atoms with van der Waals surface area (Å²) in [6.45, 7) is 0.670. The van der Waals surface area contributed by atoms with E-state index < -0.39 is 0 Å². The van der Waals surface area contributed by atoms with Crippen LogP contribution in [0.1, 0.15) is 25.7 Å². The van der Waals surface area contributed by atoms with Crippen molar-refractivity contribution in [3.63, 3.8) is 0 Å². The maximum absolute atomic E-state index is 13.6. The van der Waals surface area contributed by atoms with E-state index in [1.54, 1.807) is 6.07 Å². The fourth-order valence-electron chi connectivity index (χ4n) is 2.58. The molecule has 0 unspecified atom stereocenters. The van der Waals surface area contributed by atoms with Gasteiger partial charge in [0.15, 0.2) is 0 Å². The van der Waals surface area contributed by atoms with Gasteiger partial charge in [0, 0.05) is 0 Å². The number of anilines is 1. The van der Waals surface area contributed by atoms with Crippen LogP contribution in [0, 0.1) is 5.82 Å². The Labute approximate surface area is 88.4 Å². The quantitative estimate of drug-likeness (QED) is 0.706. The van der Waals surface area contributed by atoms with Gasteiger partial charge in [0.2, 0.25) is 0 Å². The Bertz CT molecular complexity index is 385. The molecule has 0 atom stereocenters. The van der Waals surface area contributed by atoms with Crippen LogP contribution in [0.2, 0.25) is 0 Å². The van der Waals surface area contributed by atoms with Gasteiger partial charge in [-0.3, -0.25) is 0 Å². The first kappa shape index (κ1) is 9.01. The third-order valence-corrected chi connectivity index (χ3v) is 3.43. The maximum Gasteiger partial charge on any atom is 0.150 e. The van der Waals surface area contributed by atoms with E-state index >= 15 is 0 Å². The first-order chi connectivity index (χ1) is 7.29. The van der Waals surface area contributed by atoms with Gasteiger partial charge < -0.3 is 10.1 Å². The molecule has 15 heavy (non-hydrogen) atoms. The molecule has 2 nitrogen and oxygen atoms in total. The van der Waals surface area contributed by atoms with Crippen molar-refractivity contribution < 1.29 is 9.13 Å². The van der Waals surface area contributed by atoms with E-state index in [2.05, 4.69) is 5.32 Å². The Hall–Kier alpha value is -1.25. The number of hydrogen-bond acceptors (Lipinski definition) is 2. The number of nitrogens with one attached hydrogen (secondary N) is 1. The molecule has 1 heterocycles. The van der Waals surface area contributed by atoms with Crippen LogP contribution in [-0.4, -0.2) is 12.1 Å². The second kappa shape index (κ2) is 3.12. The molecule has 1 N–H and O–H groups in total. The van der Waals surface area contributed by atoms with Crippen molar-refractivity contribution in [3.8, 4) is 5.75 Å². The molecule has 2 aliphatic rings. The largest absolute Gasteiger partial charge is 0.489 e. The molecular weight excluding hydrogens is 193 g/mol. The lowest BCUT2D eigenvalue weighted by Crippen LogP contribution is -2.44. The monoisotopic (exact) mass is 207 g/mol. The Kier molecular flexibility index (Phi) is 1.87. The fourth-order valence-corrected chi connectivity index (χ4v) is 2.58. The lowest BCUT2D eigenvalue weighted by Gasteiger charge is -2.36. The minimum Gasteiger partial charge on any atom is -0.489 e. The van der Waals surface area contributed by atoms with Gasteiger partial charge >= 0.3 is 0 Å². The van der Waals surface area contributed by atoms with E-state index in [-0.39, 0.29) is 11.4 Å². The number of fused-ring (bicyclic) bond motifs is 1. The first-order valence-corrected chi connectivity index (χ1v) is 5.49. The summed E-state index contributed by atoms with van der Waals surface area (Å²) in [5, 5.41) is 3.34. The van der Waals surface area contributed by atoms with Crippen LogP contribution < -0.4 is 10.1 Å². The van der Waals surface area contributed by atoms with E-state index in [9.17, 15) is 4.39 Å². The van der Waals surface area contributed by atoms with Crippen LogP contribution in [0.4, 0.5) is 10.1 Å². The van der Waals surface area contributed by atoms with Crippen molar-refractivity contribution in [2.24, 2.45) is 0 Å². The normalized spacial score (nSPS) is 21.9. The summed E-state index contributed by atoms with van der Waals surface area (Å²) in [5.74, 6) is 0.436. The van der Waals surface area contributed by atoms with Crippen LogP contribution >= 0.6 is 0 Å². The molecule has 80 valence electrons. The van der Waals surface area contributed by atoms with Gasteiger partial charge in [0.05, 0.1) is 5.54 Å². The standard InChI is InChI=1S/C12H14FNO/c13-9-4-3-5-10-11(9)14-12(8-15-10)6-1-2-7-12/h3-5,14H,1-2,6-8H2. The Morgan fingerprint density at radius 3 is 2.87 bits per heavy atom. The van der Waals surface area contributed by atoms with Crippen LogP contribution in [0.3, 0.4) is 0 Å². The zero-order valence-electron chi connectivity index (χ0n) is 8.55. The molecule has 0 saturated heterocycles. The Balaban J connectivity index is 1.98. The maximum atomic E-state index is 13.6. The number of rotatable bonds is 0. The molecule has 0 bridgehead atoms. The number of ether oxygens (including phenoxy) is 1. The third kappa shape index (κ3) is 1.37. The van der Waals surface area contributed by atoms with E-state index in [0.29, 0.717) is 18.0 Å². The van der Waals surface area contributed by atoms with Crippen LogP contribution in [0.5, 0.6) is 5.75 Å². The Morgan fingerprint density at radius 1 is 1.27 bits per heavy atom. The van der Waals surface area contributed by atoms with Crippen molar-refractivity contribution in [2.45, 2.75) is 31.2 Å². The zero-order valence-corrected chi connectivity index (χ0v) is 8.55. The summed E-state index contributed by atoms with van der Waals surface area (Å²) in [6, 6.07) is 4.97. The van der Waals surface area contributed by atoms with Crippen molar-refractivity contribution in [1.82, 2.24) is 0 Å². The van der Waals surface area contributed by atoms with Gasteiger partial charge in [-0.05, 0) is 25.0 Å². The van der Waals surface area contributed by atoms with Crippen LogP contribution in [0.25, 0.3) is 0 Å². The van der Waals surface area contributed by atoms with Crippen molar-refractivity contribution >= 4 is 5.69 Å². The summed E-state index contributed by atoms with van der Waals surface area (Å²) in [4.78, 5) is 0. The highest BCUT2D eigenvalue weighted by Crippen LogP contribution is 2.41. The molecule has 1 aromatic rings. The summed E-state index contributed by atoms with van der Waals surface area (Å²) >= 11 is 0. The SMILES string of the molecule is Fc1cccc2c1NC1(CCCC1)CO2. The number of benzene rings is 1. The second-order valence-corrected chi connectivity index (χ2v) is 4.51. The number of hydrogen-bond donors (Lipinski definition) is 1. The highest BCUT2D eigenvalue weighted by molar-refractivity contribution is 5.60. The minimum atomic E-state index is -0.210. The van der Waals surface area contributed by atoms with E-state index in [1.165, 1.54) is 18.9 Å². The molecular formula is C12H14FNO. The van der Waals surface area contributed by atoms with E-state index in [4.69, 9.17) is 4.74 Å². The van der Waals surface area contributed by atoms with Crippen LogP contribution in [-0.2, 0) is 0 Å². The number of halogens is 1. The summed E-state index contributed by atoms with van der Waals surface area (Å²) in [7, 11) is 0. The second-order valence-electron chi connectivity index (χ2n) is 4.51. The van der Waals surface area contributed by atoms with Gasteiger partial charge in [0.25, 0.3) is 0 Å². The molecule has 0 radical (unpaired) electrons. The van der Waals surface area contributed by atoms with Gasteiger partial charge in [-0.15, -0.1) is 0 Å². The average molecular weight is 207 g/mol. The van der Waals surface area contributed by atoms with Gasteiger partial charge in [-0.1, -0.05) is 18.9 Å². The van der Waals surface area contributed by atoms with Gasteiger partial charge in [-0.2, -0.15) is 0 Å². The molecule has 1 aliphatic carbocycles. The summed E-state index contributed by atoms with van der Waals surface area (Å²) < 4.78 is 19.2. The highest BCUT2D eigenvalue weighted by Gasteiger charge is 2.38. The number of para-hydroxylation sites is 1. The fraction of sp³-hybridized carbons (Fsp3) is 0.500. The molecule has 1 saturated carbocycles. The zero-order chi connectivity index (χ0) is 10.3. The minimum absolute atomic E-state index is 0.00477. The predicted molar refractivity (Wildman–Crippen MR) is 56.7 cm³/mol. The summed E-state index contributed by atoms with van der Waals surface area (Å²) in [6.07, 6.45) is 4.59.